The van der Waals surface area contributed by atoms with Crippen molar-refractivity contribution >= 4 is 6.09 Å². The van der Waals surface area contributed by atoms with Crippen LogP contribution in [0.4, 0.5) is 4.79 Å². The molecule has 1 N–H and O–H groups in total. The largest absolute Gasteiger partial charge is 0.444 e. The molecule has 4 heteroatoms. The maximum Gasteiger partial charge on any atom is 0.410 e. The van der Waals surface area contributed by atoms with Crippen molar-refractivity contribution in [3.63, 3.8) is 0 Å². The number of hydrogen-bond donors (Lipinski definition) is 1. The molecule has 0 spiro atoms. The molecule has 1 amide bonds. The lowest BCUT2D eigenvalue weighted by Crippen LogP contribution is -2.51. The van der Waals surface area contributed by atoms with E-state index < -0.39 is 5.60 Å². The van der Waals surface area contributed by atoms with Gasteiger partial charge in [0.15, 0.2) is 0 Å². The summed E-state index contributed by atoms with van der Waals surface area (Å²) < 4.78 is 5.55. The number of amides is 1. The minimum Gasteiger partial charge on any atom is -0.444 e. The Morgan fingerprint density at radius 3 is 2.43 bits per heavy atom. The summed E-state index contributed by atoms with van der Waals surface area (Å²) in [5.41, 5.74) is -0.245. The second-order valence-electron chi connectivity index (χ2n) is 8.89. The van der Waals surface area contributed by atoms with Gasteiger partial charge in [0.25, 0.3) is 0 Å². The Labute approximate surface area is 142 Å². The van der Waals surface area contributed by atoms with E-state index in [1.54, 1.807) is 0 Å². The number of piperidine rings is 1. The van der Waals surface area contributed by atoms with Crippen LogP contribution < -0.4 is 5.32 Å². The molecule has 0 aromatic rings. The molecule has 2 fully saturated rings. The van der Waals surface area contributed by atoms with Gasteiger partial charge in [-0.15, -0.1) is 0 Å². The number of carbonyl (C=O) groups is 1. The number of ether oxygens (including phenoxy) is 1. The molecule has 2 aliphatic rings. The standard InChI is InChI=1S/C19H36N2O2/c1-18(2,3)23-17(22)21-13-9-12-19(4,15-21)14-20-16-10-7-5-6-8-11-16/h16,20H,5-15H2,1-4H3. The monoisotopic (exact) mass is 324 g/mol. The molecule has 1 aliphatic heterocycles. The summed E-state index contributed by atoms with van der Waals surface area (Å²) in [6, 6.07) is 0.672. The molecule has 2 rings (SSSR count). The van der Waals surface area contributed by atoms with E-state index in [1.165, 1.54) is 44.9 Å². The molecular formula is C19H36N2O2. The number of nitrogens with one attached hydrogen (secondary N) is 1. The van der Waals surface area contributed by atoms with Crippen molar-refractivity contribution in [1.82, 2.24) is 10.2 Å². The van der Waals surface area contributed by atoms with Crippen LogP contribution in [0.25, 0.3) is 0 Å². The first-order valence-electron chi connectivity index (χ1n) is 9.49. The zero-order valence-corrected chi connectivity index (χ0v) is 15.6. The van der Waals surface area contributed by atoms with Crippen molar-refractivity contribution in [3.05, 3.63) is 0 Å². The molecule has 1 saturated heterocycles. The van der Waals surface area contributed by atoms with Crippen LogP contribution in [0, 0.1) is 5.41 Å². The van der Waals surface area contributed by atoms with Crippen LogP contribution in [0.2, 0.25) is 0 Å². The van der Waals surface area contributed by atoms with Gasteiger partial charge in [0.05, 0.1) is 0 Å². The molecule has 134 valence electrons. The number of nitrogens with zero attached hydrogens (tertiary/aromatic N) is 1. The Hall–Kier alpha value is -0.770. The molecule has 0 aromatic carbocycles. The predicted molar refractivity (Wildman–Crippen MR) is 94.6 cm³/mol. The first kappa shape index (κ1) is 18.6. The van der Waals surface area contributed by atoms with Crippen molar-refractivity contribution in [1.29, 1.82) is 0 Å². The summed E-state index contributed by atoms with van der Waals surface area (Å²) in [6.07, 6.45) is 10.2. The Kier molecular flexibility index (Phi) is 6.35. The Morgan fingerprint density at radius 1 is 1.17 bits per heavy atom. The minimum atomic E-state index is -0.413. The van der Waals surface area contributed by atoms with Crippen molar-refractivity contribution in [2.24, 2.45) is 5.41 Å². The molecule has 4 nitrogen and oxygen atoms in total. The molecule has 1 saturated carbocycles. The molecule has 0 aromatic heterocycles. The highest BCUT2D eigenvalue weighted by Gasteiger charge is 2.35. The smallest absolute Gasteiger partial charge is 0.410 e. The third-order valence-electron chi connectivity index (χ3n) is 5.11. The van der Waals surface area contributed by atoms with E-state index in [2.05, 4.69) is 12.2 Å². The van der Waals surface area contributed by atoms with Gasteiger partial charge in [-0.1, -0.05) is 32.6 Å². The minimum absolute atomic E-state index is 0.155. The normalized spacial score (nSPS) is 27.6. The van der Waals surface area contributed by atoms with Crippen molar-refractivity contribution in [2.75, 3.05) is 19.6 Å². The lowest BCUT2D eigenvalue weighted by Gasteiger charge is -2.41. The van der Waals surface area contributed by atoms with Crippen LogP contribution in [0.15, 0.2) is 0 Å². The molecule has 1 aliphatic carbocycles. The Bertz CT molecular complexity index is 383. The van der Waals surface area contributed by atoms with Crippen LogP contribution in [0.3, 0.4) is 0 Å². The SMILES string of the molecule is CC1(CNC2CCCCCC2)CCCN(C(=O)OC(C)(C)C)C1. The lowest BCUT2D eigenvalue weighted by atomic mass is 9.81. The van der Waals surface area contributed by atoms with E-state index >= 15 is 0 Å². The van der Waals surface area contributed by atoms with Crippen LogP contribution >= 0.6 is 0 Å². The van der Waals surface area contributed by atoms with Gasteiger partial charge in [0, 0.05) is 25.7 Å². The van der Waals surface area contributed by atoms with Gasteiger partial charge in [-0.25, -0.2) is 4.79 Å². The van der Waals surface area contributed by atoms with Crippen LogP contribution in [0.1, 0.15) is 79.1 Å². The van der Waals surface area contributed by atoms with Gasteiger partial charge >= 0.3 is 6.09 Å². The summed E-state index contributed by atoms with van der Waals surface area (Å²) in [5.74, 6) is 0. The van der Waals surface area contributed by atoms with Gasteiger partial charge in [0.2, 0.25) is 0 Å². The summed E-state index contributed by atoms with van der Waals surface area (Å²) in [5, 5.41) is 3.80. The molecule has 1 heterocycles. The summed E-state index contributed by atoms with van der Waals surface area (Å²) in [6.45, 7) is 10.8. The highest BCUT2D eigenvalue weighted by Crippen LogP contribution is 2.30. The van der Waals surface area contributed by atoms with Gasteiger partial charge in [0.1, 0.15) is 5.60 Å². The summed E-state index contributed by atoms with van der Waals surface area (Å²) in [4.78, 5) is 14.2. The number of rotatable bonds is 3. The predicted octanol–water partition coefficient (Wildman–Crippen LogP) is 4.34. The molecule has 0 radical (unpaired) electrons. The zero-order valence-electron chi connectivity index (χ0n) is 15.6. The van der Waals surface area contributed by atoms with Crippen molar-refractivity contribution in [3.8, 4) is 0 Å². The Morgan fingerprint density at radius 2 is 1.83 bits per heavy atom. The summed E-state index contributed by atoms with van der Waals surface area (Å²) in [7, 11) is 0. The average molecular weight is 325 g/mol. The van der Waals surface area contributed by atoms with Crippen molar-refractivity contribution in [2.45, 2.75) is 90.7 Å². The van der Waals surface area contributed by atoms with Crippen molar-refractivity contribution < 1.29 is 9.53 Å². The highest BCUT2D eigenvalue weighted by molar-refractivity contribution is 5.68. The van der Waals surface area contributed by atoms with Gasteiger partial charge in [-0.3, -0.25) is 0 Å². The average Bonchev–Trinajstić information content (AvgIpc) is 2.72. The van der Waals surface area contributed by atoms with E-state index in [9.17, 15) is 4.79 Å². The van der Waals surface area contributed by atoms with Crippen LogP contribution in [-0.4, -0.2) is 42.3 Å². The van der Waals surface area contributed by atoms with E-state index in [1.807, 2.05) is 25.7 Å². The first-order valence-corrected chi connectivity index (χ1v) is 9.49. The number of carbonyl (C=O) groups excluding carboxylic acids is 1. The quantitative estimate of drug-likeness (QED) is 0.785. The lowest BCUT2D eigenvalue weighted by molar-refractivity contribution is 0.00642. The van der Waals surface area contributed by atoms with Crippen LogP contribution in [0.5, 0.6) is 0 Å². The number of hydrogen-bond acceptors (Lipinski definition) is 3. The van der Waals surface area contributed by atoms with E-state index in [0.717, 1.165) is 26.1 Å². The fourth-order valence-corrected chi connectivity index (χ4v) is 3.82. The Balaban J connectivity index is 1.84. The van der Waals surface area contributed by atoms with E-state index in [4.69, 9.17) is 4.74 Å². The second-order valence-corrected chi connectivity index (χ2v) is 8.89. The van der Waals surface area contributed by atoms with Gasteiger partial charge < -0.3 is 15.0 Å². The third-order valence-corrected chi connectivity index (χ3v) is 5.11. The zero-order chi connectivity index (χ0) is 16.9. The first-order chi connectivity index (χ1) is 10.8. The maximum atomic E-state index is 12.3. The molecule has 1 atom stereocenters. The van der Waals surface area contributed by atoms with Crippen LogP contribution in [-0.2, 0) is 4.74 Å². The third kappa shape index (κ3) is 6.33. The van der Waals surface area contributed by atoms with E-state index in [-0.39, 0.29) is 11.5 Å². The highest BCUT2D eigenvalue weighted by atomic mass is 16.6. The van der Waals surface area contributed by atoms with Gasteiger partial charge in [-0.2, -0.15) is 0 Å². The fraction of sp³-hybridized carbons (Fsp3) is 0.947. The topological polar surface area (TPSA) is 41.6 Å². The second kappa shape index (κ2) is 7.87. The fourth-order valence-electron chi connectivity index (χ4n) is 3.82. The summed E-state index contributed by atoms with van der Waals surface area (Å²) >= 11 is 0. The van der Waals surface area contributed by atoms with Gasteiger partial charge in [-0.05, 0) is 51.9 Å². The molecular weight excluding hydrogens is 288 g/mol. The molecule has 23 heavy (non-hydrogen) atoms. The molecule has 1 unspecified atom stereocenters. The number of likely N-dealkylation sites (tertiary alicyclic amines) is 1. The molecule has 0 bridgehead atoms. The van der Waals surface area contributed by atoms with E-state index in [0.29, 0.717) is 6.04 Å². The maximum absolute atomic E-state index is 12.3.